The minimum absolute atomic E-state index is 0.0528. The number of hydrogen-bond donors (Lipinski definition) is 1. The van der Waals surface area contributed by atoms with Gasteiger partial charge in [-0.3, -0.25) is 15.1 Å². The van der Waals surface area contributed by atoms with Crippen LogP contribution in [0.25, 0.3) is 0 Å². The number of nitrogens with one attached hydrogen (secondary N) is 1. The Hall–Kier alpha value is -1.21. The Bertz CT molecular complexity index is 477. The number of rotatable bonds is 5. The van der Waals surface area contributed by atoms with Crippen molar-refractivity contribution in [1.29, 1.82) is 0 Å². The summed E-state index contributed by atoms with van der Waals surface area (Å²) in [5.41, 5.74) is 0.678. The predicted octanol–water partition coefficient (Wildman–Crippen LogP) is 2.72. The Kier molecular flexibility index (Phi) is 5.31. The number of nitro groups is 1. The maximum absolute atomic E-state index is 11.2. The van der Waals surface area contributed by atoms with Crippen LogP contribution in [0.3, 0.4) is 0 Å². The van der Waals surface area contributed by atoms with Gasteiger partial charge in [-0.2, -0.15) is 0 Å². The molecule has 0 aliphatic carbocycles. The first kappa shape index (κ1) is 15.2. The fourth-order valence-electron chi connectivity index (χ4n) is 2.59. The molecule has 0 radical (unpaired) electrons. The molecule has 2 heterocycles. The summed E-state index contributed by atoms with van der Waals surface area (Å²) in [6.07, 6.45) is 6.47. The summed E-state index contributed by atoms with van der Waals surface area (Å²) in [4.78, 5) is 16.8. The number of nitrogens with zero attached hydrogens (tertiary/aromatic N) is 3. The van der Waals surface area contributed by atoms with Gasteiger partial charge in [0.05, 0.1) is 9.40 Å². The lowest BCUT2D eigenvalue weighted by atomic mass is 10.0. The molecular weight excluding hydrogens is 324 g/mol. The first-order valence-corrected chi connectivity index (χ1v) is 7.69. The quantitative estimate of drug-likeness (QED) is 0.657. The molecule has 2 rings (SSSR count). The average Bonchev–Trinajstić information content (AvgIpc) is 2.46. The van der Waals surface area contributed by atoms with Gasteiger partial charge in [0, 0.05) is 25.3 Å². The van der Waals surface area contributed by atoms with E-state index < -0.39 is 0 Å². The Labute approximate surface area is 126 Å². The van der Waals surface area contributed by atoms with Gasteiger partial charge in [-0.15, -0.1) is 0 Å². The molecule has 0 amide bonds. The molecule has 0 spiro atoms. The van der Waals surface area contributed by atoms with E-state index in [0.29, 0.717) is 16.2 Å². The molecule has 0 aromatic carbocycles. The molecule has 7 heteroatoms. The standard InChI is InChI=1S/C13H19BrN4O2/c1-2-17(9-10-5-3-4-6-16-10)13-11(14)7-15-8-12(13)18(19)20/h7-8,10,16H,2-6,9H2,1H3. The molecule has 0 saturated carbocycles. The maximum atomic E-state index is 11.2. The zero-order valence-electron chi connectivity index (χ0n) is 11.5. The molecule has 0 bridgehead atoms. The highest BCUT2D eigenvalue weighted by Crippen LogP contribution is 2.34. The molecule has 1 N–H and O–H groups in total. The van der Waals surface area contributed by atoms with E-state index in [4.69, 9.17) is 0 Å². The van der Waals surface area contributed by atoms with Crippen LogP contribution < -0.4 is 10.2 Å². The van der Waals surface area contributed by atoms with Crippen molar-refractivity contribution in [2.45, 2.75) is 32.2 Å². The number of pyridine rings is 1. The van der Waals surface area contributed by atoms with Crippen molar-refractivity contribution >= 4 is 27.3 Å². The van der Waals surface area contributed by atoms with Gasteiger partial charge < -0.3 is 10.2 Å². The van der Waals surface area contributed by atoms with Crippen molar-refractivity contribution < 1.29 is 4.92 Å². The van der Waals surface area contributed by atoms with Crippen LogP contribution in [0.15, 0.2) is 16.9 Å². The summed E-state index contributed by atoms with van der Waals surface area (Å²) in [6.45, 7) is 4.54. The molecule has 1 aromatic heterocycles. The van der Waals surface area contributed by atoms with Crippen LogP contribution >= 0.6 is 15.9 Å². The van der Waals surface area contributed by atoms with Crippen molar-refractivity contribution in [2.75, 3.05) is 24.5 Å². The van der Waals surface area contributed by atoms with Crippen molar-refractivity contribution in [1.82, 2.24) is 10.3 Å². The smallest absolute Gasteiger partial charge is 0.311 e. The number of anilines is 1. The van der Waals surface area contributed by atoms with E-state index >= 15 is 0 Å². The second-order valence-electron chi connectivity index (χ2n) is 4.93. The molecule has 1 aliphatic heterocycles. The Morgan fingerprint density at radius 2 is 2.35 bits per heavy atom. The van der Waals surface area contributed by atoms with E-state index in [1.807, 2.05) is 11.8 Å². The van der Waals surface area contributed by atoms with Gasteiger partial charge in [0.25, 0.3) is 0 Å². The first-order valence-electron chi connectivity index (χ1n) is 6.89. The highest BCUT2D eigenvalue weighted by atomic mass is 79.9. The molecular formula is C13H19BrN4O2. The van der Waals surface area contributed by atoms with Gasteiger partial charge in [0.15, 0.2) is 0 Å². The molecule has 1 aliphatic rings. The molecule has 20 heavy (non-hydrogen) atoms. The lowest BCUT2D eigenvalue weighted by molar-refractivity contribution is -0.384. The lowest BCUT2D eigenvalue weighted by Crippen LogP contribution is -2.44. The van der Waals surface area contributed by atoms with Gasteiger partial charge in [-0.05, 0) is 42.2 Å². The third-order valence-corrected chi connectivity index (χ3v) is 4.18. The first-order chi connectivity index (χ1) is 9.63. The molecule has 6 nitrogen and oxygen atoms in total. The van der Waals surface area contributed by atoms with Gasteiger partial charge in [0.2, 0.25) is 0 Å². The van der Waals surface area contributed by atoms with Crippen molar-refractivity contribution in [3.63, 3.8) is 0 Å². The van der Waals surface area contributed by atoms with Crippen LogP contribution in [0, 0.1) is 10.1 Å². The zero-order valence-corrected chi connectivity index (χ0v) is 13.1. The van der Waals surface area contributed by atoms with E-state index in [2.05, 4.69) is 26.2 Å². The SMILES string of the molecule is CCN(CC1CCCCN1)c1c(Br)cncc1[N+](=O)[O-]. The van der Waals surface area contributed by atoms with Crippen molar-refractivity contribution in [2.24, 2.45) is 0 Å². The summed E-state index contributed by atoms with van der Waals surface area (Å²) in [6, 6.07) is 0.392. The van der Waals surface area contributed by atoms with Crippen LogP contribution in [0.5, 0.6) is 0 Å². The Morgan fingerprint density at radius 1 is 1.55 bits per heavy atom. The number of halogens is 1. The Balaban J connectivity index is 2.24. The molecule has 110 valence electrons. The highest BCUT2D eigenvalue weighted by molar-refractivity contribution is 9.10. The Morgan fingerprint density at radius 3 is 2.95 bits per heavy atom. The molecule has 1 aromatic rings. The monoisotopic (exact) mass is 342 g/mol. The van der Waals surface area contributed by atoms with E-state index in [9.17, 15) is 10.1 Å². The fraction of sp³-hybridized carbons (Fsp3) is 0.615. The van der Waals surface area contributed by atoms with Crippen molar-refractivity contribution in [3.05, 3.63) is 27.0 Å². The van der Waals surface area contributed by atoms with Gasteiger partial charge >= 0.3 is 5.69 Å². The van der Waals surface area contributed by atoms with Crippen LogP contribution in [-0.4, -0.2) is 35.6 Å². The van der Waals surface area contributed by atoms with Gasteiger partial charge in [0.1, 0.15) is 11.9 Å². The number of hydrogen-bond acceptors (Lipinski definition) is 5. The van der Waals surface area contributed by atoms with Crippen LogP contribution in [-0.2, 0) is 0 Å². The number of piperidine rings is 1. The maximum Gasteiger partial charge on any atom is 0.311 e. The summed E-state index contributed by atoms with van der Waals surface area (Å²) < 4.78 is 0.671. The topological polar surface area (TPSA) is 71.3 Å². The van der Waals surface area contributed by atoms with E-state index in [-0.39, 0.29) is 10.6 Å². The lowest BCUT2D eigenvalue weighted by Gasteiger charge is -2.31. The largest absolute Gasteiger partial charge is 0.364 e. The van der Waals surface area contributed by atoms with Crippen LogP contribution in [0.1, 0.15) is 26.2 Å². The number of aromatic nitrogens is 1. The van der Waals surface area contributed by atoms with Gasteiger partial charge in [-0.1, -0.05) is 6.42 Å². The van der Waals surface area contributed by atoms with Crippen LogP contribution in [0.2, 0.25) is 0 Å². The van der Waals surface area contributed by atoms with Crippen LogP contribution in [0.4, 0.5) is 11.4 Å². The van der Waals surface area contributed by atoms with Gasteiger partial charge in [-0.25, -0.2) is 0 Å². The minimum atomic E-state index is -0.371. The second-order valence-corrected chi connectivity index (χ2v) is 5.79. The highest BCUT2D eigenvalue weighted by Gasteiger charge is 2.24. The third kappa shape index (κ3) is 3.46. The third-order valence-electron chi connectivity index (χ3n) is 3.60. The molecule has 1 fully saturated rings. The molecule has 1 atom stereocenters. The second kappa shape index (κ2) is 6.99. The van der Waals surface area contributed by atoms with E-state index in [0.717, 1.165) is 26.1 Å². The molecule has 1 unspecified atom stereocenters. The van der Waals surface area contributed by atoms with E-state index in [1.54, 1.807) is 6.20 Å². The predicted molar refractivity (Wildman–Crippen MR) is 82.1 cm³/mol. The summed E-state index contributed by atoms with van der Waals surface area (Å²) >= 11 is 3.39. The average molecular weight is 343 g/mol. The summed E-state index contributed by atoms with van der Waals surface area (Å²) in [5.74, 6) is 0. The number of likely N-dealkylation sites (N-methyl/N-ethyl adjacent to an activating group) is 1. The minimum Gasteiger partial charge on any atom is -0.364 e. The summed E-state index contributed by atoms with van der Waals surface area (Å²) in [7, 11) is 0. The fourth-order valence-corrected chi connectivity index (χ4v) is 3.16. The zero-order chi connectivity index (χ0) is 14.5. The summed E-state index contributed by atoms with van der Waals surface area (Å²) in [5, 5.41) is 14.7. The van der Waals surface area contributed by atoms with E-state index in [1.165, 1.54) is 19.0 Å². The normalized spacial score (nSPS) is 18.8. The molecule has 1 saturated heterocycles. The van der Waals surface area contributed by atoms with Crippen molar-refractivity contribution in [3.8, 4) is 0 Å².